The molecule has 0 aliphatic heterocycles. The lowest BCUT2D eigenvalue weighted by molar-refractivity contribution is 0.686. The molecule has 2 rings (SSSR count). The summed E-state index contributed by atoms with van der Waals surface area (Å²) in [4.78, 5) is 0. The van der Waals surface area contributed by atoms with Gasteiger partial charge < -0.3 is 5.73 Å². The summed E-state index contributed by atoms with van der Waals surface area (Å²) in [5.74, 6) is 0. The van der Waals surface area contributed by atoms with E-state index in [1.54, 1.807) is 0 Å². The van der Waals surface area contributed by atoms with Gasteiger partial charge in [-0.25, -0.2) is 0 Å². The molecule has 0 saturated heterocycles. The second kappa shape index (κ2) is 4.72. The predicted octanol–water partition coefficient (Wildman–Crippen LogP) is 2.29. The molecule has 2 N–H and O–H groups in total. The molecule has 2 aromatic rings. The second-order valence-corrected chi connectivity index (χ2v) is 4.66. The molecule has 1 unspecified atom stereocenters. The van der Waals surface area contributed by atoms with Crippen LogP contribution >= 0.6 is 0 Å². The van der Waals surface area contributed by atoms with Crippen molar-refractivity contribution in [2.75, 3.05) is 0 Å². The Kier molecular flexibility index (Phi) is 3.29. The van der Waals surface area contributed by atoms with Crippen molar-refractivity contribution < 1.29 is 0 Å². The average molecular weight is 229 g/mol. The zero-order chi connectivity index (χ0) is 12.4. The minimum absolute atomic E-state index is 0.132. The van der Waals surface area contributed by atoms with E-state index in [1.165, 1.54) is 16.7 Å². The lowest BCUT2D eigenvalue weighted by Gasteiger charge is -2.07. The summed E-state index contributed by atoms with van der Waals surface area (Å²) in [5.41, 5.74) is 10.7. The van der Waals surface area contributed by atoms with Gasteiger partial charge in [0, 0.05) is 31.3 Å². The maximum absolute atomic E-state index is 5.87. The first-order valence-electron chi connectivity index (χ1n) is 5.92. The molecule has 0 amide bonds. The van der Waals surface area contributed by atoms with Crippen LogP contribution in [0.25, 0.3) is 11.1 Å². The van der Waals surface area contributed by atoms with Crippen molar-refractivity contribution in [3.8, 4) is 11.1 Å². The Balaban J connectivity index is 2.48. The van der Waals surface area contributed by atoms with Gasteiger partial charge in [-0.05, 0) is 25.0 Å². The van der Waals surface area contributed by atoms with Crippen molar-refractivity contribution in [1.29, 1.82) is 0 Å². The Bertz CT molecular complexity index is 512. The second-order valence-electron chi connectivity index (χ2n) is 4.66. The molecule has 1 aromatic heterocycles. The number of aryl methyl sites for hydroxylation is 2. The fourth-order valence-electron chi connectivity index (χ4n) is 2.09. The summed E-state index contributed by atoms with van der Waals surface area (Å²) in [6.07, 6.45) is 2.88. The van der Waals surface area contributed by atoms with Gasteiger partial charge in [-0.2, -0.15) is 5.10 Å². The molecule has 3 nitrogen and oxygen atoms in total. The van der Waals surface area contributed by atoms with Crippen molar-refractivity contribution in [2.24, 2.45) is 12.8 Å². The number of hydrogen-bond donors (Lipinski definition) is 1. The highest BCUT2D eigenvalue weighted by molar-refractivity contribution is 5.68. The molecule has 0 radical (unpaired) electrons. The van der Waals surface area contributed by atoms with Crippen molar-refractivity contribution in [3.63, 3.8) is 0 Å². The van der Waals surface area contributed by atoms with Gasteiger partial charge in [-0.15, -0.1) is 0 Å². The van der Waals surface area contributed by atoms with Crippen molar-refractivity contribution in [3.05, 3.63) is 41.7 Å². The third-order valence-electron chi connectivity index (χ3n) is 2.86. The van der Waals surface area contributed by atoms with Crippen LogP contribution in [0.4, 0.5) is 0 Å². The van der Waals surface area contributed by atoms with Crippen molar-refractivity contribution in [2.45, 2.75) is 26.3 Å². The monoisotopic (exact) mass is 229 g/mol. The van der Waals surface area contributed by atoms with Gasteiger partial charge in [0.05, 0.1) is 5.69 Å². The van der Waals surface area contributed by atoms with Crippen LogP contribution in [-0.2, 0) is 13.5 Å². The minimum Gasteiger partial charge on any atom is -0.328 e. The first kappa shape index (κ1) is 11.9. The molecule has 0 aliphatic rings. The van der Waals surface area contributed by atoms with E-state index in [-0.39, 0.29) is 6.04 Å². The molecule has 17 heavy (non-hydrogen) atoms. The van der Waals surface area contributed by atoms with E-state index in [2.05, 4.69) is 42.5 Å². The normalized spacial score (nSPS) is 12.7. The average Bonchev–Trinajstić information content (AvgIpc) is 2.59. The van der Waals surface area contributed by atoms with E-state index in [9.17, 15) is 0 Å². The molecule has 0 aliphatic carbocycles. The zero-order valence-electron chi connectivity index (χ0n) is 10.6. The predicted molar refractivity (Wildman–Crippen MR) is 70.7 cm³/mol. The largest absolute Gasteiger partial charge is 0.328 e. The third kappa shape index (κ3) is 2.56. The van der Waals surface area contributed by atoms with E-state index < -0.39 is 0 Å². The van der Waals surface area contributed by atoms with Gasteiger partial charge in [-0.1, -0.05) is 24.3 Å². The number of nitrogens with two attached hydrogens (primary N) is 1. The van der Waals surface area contributed by atoms with Crippen LogP contribution in [0.2, 0.25) is 0 Å². The molecule has 1 heterocycles. The first-order chi connectivity index (χ1) is 8.08. The van der Waals surface area contributed by atoms with Crippen LogP contribution in [0.15, 0.2) is 30.5 Å². The molecule has 0 fully saturated rings. The Hall–Kier alpha value is -1.61. The molecular weight excluding hydrogens is 210 g/mol. The van der Waals surface area contributed by atoms with Crippen LogP contribution in [0.1, 0.15) is 18.2 Å². The summed E-state index contributed by atoms with van der Waals surface area (Å²) in [7, 11) is 1.95. The fourth-order valence-corrected chi connectivity index (χ4v) is 2.09. The van der Waals surface area contributed by atoms with E-state index in [0.29, 0.717) is 0 Å². The minimum atomic E-state index is 0.132. The van der Waals surface area contributed by atoms with Crippen LogP contribution in [-0.4, -0.2) is 15.8 Å². The zero-order valence-corrected chi connectivity index (χ0v) is 10.6. The highest BCUT2D eigenvalue weighted by Crippen LogP contribution is 2.26. The van der Waals surface area contributed by atoms with Crippen LogP contribution in [0.3, 0.4) is 0 Å². The van der Waals surface area contributed by atoms with Gasteiger partial charge in [-0.3, -0.25) is 4.68 Å². The smallest absolute Gasteiger partial charge is 0.0718 e. The topological polar surface area (TPSA) is 43.8 Å². The van der Waals surface area contributed by atoms with E-state index in [4.69, 9.17) is 5.73 Å². The standard InChI is InChI=1S/C14H19N3/c1-10-6-4-5-7-12(10)13-9-17(3)16-14(13)8-11(2)15/h4-7,9,11H,8,15H2,1-3H3. The highest BCUT2D eigenvalue weighted by Gasteiger charge is 2.12. The molecular formula is C14H19N3. The molecule has 3 heteroatoms. The van der Waals surface area contributed by atoms with E-state index in [1.807, 2.05) is 18.7 Å². The molecule has 0 saturated carbocycles. The van der Waals surface area contributed by atoms with Crippen LogP contribution in [0, 0.1) is 6.92 Å². The summed E-state index contributed by atoms with van der Waals surface area (Å²) in [5, 5.41) is 4.50. The quantitative estimate of drug-likeness (QED) is 0.877. The van der Waals surface area contributed by atoms with Gasteiger partial charge in [0.1, 0.15) is 0 Å². The third-order valence-corrected chi connectivity index (χ3v) is 2.86. The lowest BCUT2D eigenvalue weighted by Crippen LogP contribution is -2.18. The summed E-state index contributed by atoms with van der Waals surface area (Å²) in [6.45, 7) is 4.13. The van der Waals surface area contributed by atoms with Crippen LogP contribution < -0.4 is 5.73 Å². The number of nitrogens with zero attached hydrogens (tertiary/aromatic N) is 2. The van der Waals surface area contributed by atoms with E-state index in [0.717, 1.165) is 12.1 Å². The molecule has 0 spiro atoms. The molecule has 1 atom stereocenters. The van der Waals surface area contributed by atoms with Gasteiger partial charge in [0.25, 0.3) is 0 Å². The van der Waals surface area contributed by atoms with Gasteiger partial charge >= 0.3 is 0 Å². The Morgan fingerprint density at radius 1 is 1.29 bits per heavy atom. The summed E-state index contributed by atoms with van der Waals surface area (Å²) < 4.78 is 1.86. The van der Waals surface area contributed by atoms with E-state index >= 15 is 0 Å². The summed E-state index contributed by atoms with van der Waals surface area (Å²) >= 11 is 0. The first-order valence-corrected chi connectivity index (χ1v) is 5.92. The Morgan fingerprint density at radius 2 is 2.00 bits per heavy atom. The van der Waals surface area contributed by atoms with Crippen molar-refractivity contribution >= 4 is 0 Å². The summed E-state index contributed by atoms with van der Waals surface area (Å²) in [6, 6.07) is 8.51. The maximum Gasteiger partial charge on any atom is 0.0718 e. The number of aromatic nitrogens is 2. The Morgan fingerprint density at radius 3 is 2.65 bits per heavy atom. The number of rotatable bonds is 3. The van der Waals surface area contributed by atoms with Gasteiger partial charge in [0.2, 0.25) is 0 Å². The molecule has 0 bridgehead atoms. The fraction of sp³-hybridized carbons (Fsp3) is 0.357. The Labute approximate surface area is 102 Å². The van der Waals surface area contributed by atoms with Gasteiger partial charge in [0.15, 0.2) is 0 Å². The van der Waals surface area contributed by atoms with Crippen molar-refractivity contribution in [1.82, 2.24) is 9.78 Å². The number of hydrogen-bond acceptors (Lipinski definition) is 2. The molecule has 1 aromatic carbocycles. The maximum atomic E-state index is 5.87. The lowest BCUT2D eigenvalue weighted by atomic mass is 9.99. The van der Waals surface area contributed by atoms with Crippen LogP contribution in [0.5, 0.6) is 0 Å². The number of benzene rings is 1. The highest BCUT2D eigenvalue weighted by atomic mass is 15.3. The SMILES string of the molecule is Cc1ccccc1-c1cn(C)nc1CC(C)N. The molecule has 90 valence electrons.